The molecule has 0 saturated carbocycles. The molecule has 0 saturated heterocycles. The molecule has 0 spiro atoms. The minimum Gasteiger partial charge on any atom is -0.480 e. The van der Waals surface area contributed by atoms with Gasteiger partial charge >= 0.3 is 12.1 Å². The fourth-order valence-electron chi connectivity index (χ4n) is 5.78. The number of nitrogens with one attached hydrogen (secondary N) is 2. The van der Waals surface area contributed by atoms with Crippen molar-refractivity contribution in [3.05, 3.63) is 131 Å². The first-order valence-electron chi connectivity index (χ1n) is 15.3. The smallest absolute Gasteiger partial charge is 0.407 e. The number of hydrogen-bond acceptors (Lipinski definition) is 6. The maximum Gasteiger partial charge on any atom is 0.407 e. The Bertz CT molecular complexity index is 1590. The molecule has 2 amide bonds. The zero-order valence-corrected chi connectivity index (χ0v) is 26.0. The molecule has 3 N–H and O–H groups in total. The predicted octanol–water partition coefficient (Wildman–Crippen LogP) is 5.20. The number of amides is 2. The maximum absolute atomic E-state index is 13.6. The summed E-state index contributed by atoms with van der Waals surface area (Å²) in [5, 5.41) is 15.3. The van der Waals surface area contributed by atoms with Crippen LogP contribution in [0.4, 0.5) is 4.79 Å². The van der Waals surface area contributed by atoms with E-state index in [2.05, 4.69) is 22.8 Å². The third-order valence-electron chi connectivity index (χ3n) is 8.13. The molecule has 4 aromatic carbocycles. The SMILES string of the molecule is CC(OCc1ccccc1)C(NC(=O)C(CN(C)Cc1ccccc1)NC(=O)OCC1c2ccccc2-c2ccccc21)C(=O)O. The van der Waals surface area contributed by atoms with Gasteiger partial charge in [0.25, 0.3) is 0 Å². The van der Waals surface area contributed by atoms with Crippen molar-refractivity contribution in [1.82, 2.24) is 15.5 Å². The highest BCUT2D eigenvalue weighted by molar-refractivity contribution is 5.89. The molecule has 1 aliphatic rings. The largest absolute Gasteiger partial charge is 0.480 e. The maximum atomic E-state index is 13.6. The second-order valence-electron chi connectivity index (χ2n) is 11.5. The number of alkyl carbamates (subject to hydrolysis) is 1. The quantitative estimate of drug-likeness (QED) is 0.177. The minimum atomic E-state index is -1.34. The molecule has 4 aromatic rings. The number of aliphatic carboxylic acids is 1. The average molecular weight is 622 g/mol. The molecule has 0 fully saturated rings. The van der Waals surface area contributed by atoms with Gasteiger partial charge in [0.15, 0.2) is 6.04 Å². The van der Waals surface area contributed by atoms with Gasteiger partial charge in [0.05, 0.1) is 12.7 Å². The van der Waals surface area contributed by atoms with Gasteiger partial charge in [-0.1, -0.05) is 109 Å². The van der Waals surface area contributed by atoms with Crippen LogP contribution in [0.3, 0.4) is 0 Å². The van der Waals surface area contributed by atoms with Crippen LogP contribution in [0.1, 0.15) is 35.1 Å². The van der Waals surface area contributed by atoms with E-state index in [1.807, 2.05) is 109 Å². The lowest BCUT2D eigenvalue weighted by atomic mass is 9.98. The van der Waals surface area contributed by atoms with E-state index in [1.165, 1.54) is 0 Å². The average Bonchev–Trinajstić information content (AvgIpc) is 3.39. The zero-order valence-electron chi connectivity index (χ0n) is 26.0. The van der Waals surface area contributed by atoms with Gasteiger partial charge in [-0.15, -0.1) is 0 Å². The summed E-state index contributed by atoms with van der Waals surface area (Å²) in [4.78, 5) is 41.0. The van der Waals surface area contributed by atoms with Crippen LogP contribution in [0, 0.1) is 0 Å². The number of carboxylic acids is 1. The van der Waals surface area contributed by atoms with Crippen molar-refractivity contribution in [2.75, 3.05) is 20.2 Å². The van der Waals surface area contributed by atoms with E-state index in [9.17, 15) is 19.5 Å². The first-order chi connectivity index (χ1) is 22.3. The summed E-state index contributed by atoms with van der Waals surface area (Å²) in [6.07, 6.45) is -1.62. The lowest BCUT2D eigenvalue weighted by Gasteiger charge is -2.27. The highest BCUT2D eigenvalue weighted by Gasteiger charge is 2.33. The molecule has 9 nitrogen and oxygen atoms in total. The summed E-state index contributed by atoms with van der Waals surface area (Å²) < 4.78 is 11.5. The van der Waals surface area contributed by atoms with Crippen molar-refractivity contribution in [2.24, 2.45) is 0 Å². The standard InChI is InChI=1S/C37H39N3O6/c1-25(45-23-27-15-7-4-8-16-27)34(36(42)43)39-35(41)33(22-40(2)21-26-13-5-3-6-14-26)38-37(44)46-24-32-30-19-11-9-17-28(30)29-18-10-12-20-31(29)32/h3-20,25,32-34H,21-24H2,1-2H3,(H,38,44)(H,39,41)(H,42,43). The third kappa shape index (κ3) is 8.18. The highest BCUT2D eigenvalue weighted by atomic mass is 16.5. The molecule has 3 atom stereocenters. The van der Waals surface area contributed by atoms with Gasteiger partial charge < -0.3 is 25.2 Å². The summed E-state index contributed by atoms with van der Waals surface area (Å²) in [7, 11) is 1.83. The Morgan fingerprint density at radius 2 is 1.33 bits per heavy atom. The molecule has 0 radical (unpaired) electrons. The molecular formula is C37H39N3O6. The molecule has 0 aromatic heterocycles. The van der Waals surface area contributed by atoms with Crippen molar-refractivity contribution >= 4 is 18.0 Å². The second kappa shape index (κ2) is 15.3. The third-order valence-corrected chi connectivity index (χ3v) is 8.13. The number of carbonyl (C=O) groups is 3. The summed E-state index contributed by atoms with van der Waals surface area (Å²) in [5.74, 6) is -2.05. The predicted molar refractivity (Wildman–Crippen MR) is 175 cm³/mol. The van der Waals surface area contributed by atoms with Gasteiger partial charge in [-0.25, -0.2) is 9.59 Å². The van der Waals surface area contributed by atoms with Gasteiger partial charge in [0.2, 0.25) is 5.91 Å². The lowest BCUT2D eigenvalue weighted by Crippen LogP contribution is -2.57. The topological polar surface area (TPSA) is 117 Å². The number of ether oxygens (including phenoxy) is 2. The van der Waals surface area contributed by atoms with Crippen LogP contribution in [0.5, 0.6) is 0 Å². The Morgan fingerprint density at radius 3 is 1.91 bits per heavy atom. The number of nitrogens with zero attached hydrogens (tertiary/aromatic N) is 1. The number of fused-ring (bicyclic) bond motifs is 3. The lowest BCUT2D eigenvalue weighted by molar-refractivity contribution is -0.146. The molecule has 0 bridgehead atoms. The molecular weight excluding hydrogens is 582 g/mol. The van der Waals surface area contributed by atoms with Crippen molar-refractivity contribution < 1.29 is 29.0 Å². The molecule has 9 heteroatoms. The van der Waals surface area contributed by atoms with E-state index in [-0.39, 0.29) is 25.7 Å². The number of likely N-dealkylation sites (N-methyl/N-ethyl adjacent to an activating group) is 1. The Labute approximate surface area is 269 Å². The van der Waals surface area contributed by atoms with Gasteiger partial charge in [0.1, 0.15) is 12.6 Å². The van der Waals surface area contributed by atoms with E-state index >= 15 is 0 Å². The van der Waals surface area contributed by atoms with Crippen molar-refractivity contribution in [2.45, 2.75) is 44.2 Å². The van der Waals surface area contributed by atoms with Gasteiger partial charge in [-0.3, -0.25) is 9.69 Å². The normalized spacial score (nSPS) is 14.1. The highest BCUT2D eigenvalue weighted by Crippen LogP contribution is 2.44. The zero-order chi connectivity index (χ0) is 32.5. The summed E-state index contributed by atoms with van der Waals surface area (Å²) in [6.45, 7) is 2.48. The second-order valence-corrected chi connectivity index (χ2v) is 11.5. The molecule has 1 aliphatic carbocycles. The monoisotopic (exact) mass is 621 g/mol. The Morgan fingerprint density at radius 1 is 0.783 bits per heavy atom. The number of rotatable bonds is 14. The van der Waals surface area contributed by atoms with Gasteiger partial charge in [0, 0.05) is 19.0 Å². The Balaban J connectivity index is 1.26. The van der Waals surface area contributed by atoms with Gasteiger partial charge in [-0.2, -0.15) is 0 Å². The Hall–Kier alpha value is -4.99. The van der Waals surface area contributed by atoms with Crippen molar-refractivity contribution in [3.63, 3.8) is 0 Å². The van der Waals surface area contributed by atoms with Crippen molar-refractivity contribution in [3.8, 4) is 11.1 Å². The van der Waals surface area contributed by atoms with Crippen LogP contribution >= 0.6 is 0 Å². The van der Waals surface area contributed by atoms with E-state index in [0.29, 0.717) is 6.54 Å². The number of carboxylic acid groups (broad SMARTS) is 1. The van der Waals surface area contributed by atoms with Crippen LogP contribution in [0.25, 0.3) is 11.1 Å². The summed E-state index contributed by atoms with van der Waals surface area (Å²) in [6, 6.07) is 32.7. The fourth-order valence-corrected chi connectivity index (χ4v) is 5.78. The van der Waals surface area contributed by atoms with E-state index in [4.69, 9.17) is 9.47 Å². The number of benzene rings is 4. The molecule has 238 valence electrons. The fraction of sp³-hybridized carbons (Fsp3) is 0.270. The summed E-state index contributed by atoms with van der Waals surface area (Å²) in [5.41, 5.74) is 6.26. The van der Waals surface area contributed by atoms with Crippen molar-refractivity contribution in [1.29, 1.82) is 0 Å². The van der Waals surface area contributed by atoms with Crippen LogP contribution in [-0.4, -0.2) is 66.4 Å². The van der Waals surface area contributed by atoms with Crippen LogP contribution in [-0.2, 0) is 32.2 Å². The number of carbonyl (C=O) groups excluding carboxylic acids is 2. The van der Waals surface area contributed by atoms with Crippen LogP contribution in [0.2, 0.25) is 0 Å². The molecule has 3 unspecified atom stereocenters. The first kappa shape index (κ1) is 32.4. The molecule has 0 aliphatic heterocycles. The van der Waals surface area contributed by atoms with Gasteiger partial charge in [-0.05, 0) is 47.4 Å². The first-order valence-corrected chi connectivity index (χ1v) is 15.3. The Kier molecular flexibility index (Phi) is 10.8. The van der Waals surface area contributed by atoms with Crippen LogP contribution < -0.4 is 10.6 Å². The van der Waals surface area contributed by atoms with E-state index in [1.54, 1.807) is 6.92 Å². The van der Waals surface area contributed by atoms with E-state index in [0.717, 1.165) is 33.4 Å². The molecule has 46 heavy (non-hydrogen) atoms. The van der Waals surface area contributed by atoms with E-state index < -0.39 is 36.2 Å². The molecule has 0 heterocycles. The summed E-state index contributed by atoms with van der Waals surface area (Å²) >= 11 is 0. The molecule has 5 rings (SSSR count). The minimum absolute atomic E-state index is 0.0795. The van der Waals surface area contributed by atoms with Crippen LogP contribution in [0.15, 0.2) is 109 Å². The number of hydrogen-bond donors (Lipinski definition) is 3.